The summed E-state index contributed by atoms with van der Waals surface area (Å²) < 4.78 is 25.9. The van der Waals surface area contributed by atoms with E-state index >= 15 is 0 Å². The van der Waals surface area contributed by atoms with Crippen molar-refractivity contribution >= 4 is 17.3 Å². The fraction of sp³-hybridized carbons (Fsp3) is 0.429. The zero-order valence-corrected chi connectivity index (χ0v) is 12.3. The minimum atomic E-state index is -2.68. The van der Waals surface area contributed by atoms with Crippen LogP contribution in [0.2, 0.25) is 5.15 Å². The molecule has 0 unspecified atom stereocenters. The second-order valence-corrected chi connectivity index (χ2v) is 5.71. The van der Waals surface area contributed by atoms with E-state index in [4.69, 9.17) is 11.6 Å². The van der Waals surface area contributed by atoms with Crippen molar-refractivity contribution in [3.8, 4) is 11.3 Å². The number of aliphatic hydroxyl groups excluding tert-OH is 1. The maximum Gasteiger partial charge on any atom is 0.333 e. The zero-order valence-electron chi connectivity index (χ0n) is 11.6. The Balaban J connectivity index is 1.89. The third-order valence-electron chi connectivity index (χ3n) is 3.72. The van der Waals surface area contributed by atoms with Gasteiger partial charge in [0.25, 0.3) is 0 Å². The van der Waals surface area contributed by atoms with E-state index < -0.39 is 6.55 Å². The number of hydrogen-bond donors (Lipinski definition) is 2. The number of hydrogen-bond acceptors (Lipinski definition) is 4. The van der Waals surface area contributed by atoms with Crippen LogP contribution in [0.3, 0.4) is 0 Å². The average Bonchev–Trinajstić information content (AvgIpc) is 3.08. The molecule has 22 heavy (non-hydrogen) atoms. The first-order chi connectivity index (χ1) is 10.5. The highest BCUT2D eigenvalue weighted by atomic mass is 35.5. The van der Waals surface area contributed by atoms with Crippen molar-refractivity contribution in [2.75, 3.05) is 5.32 Å². The quantitative estimate of drug-likeness (QED) is 0.845. The third kappa shape index (κ3) is 3.20. The molecule has 0 bridgehead atoms. The van der Waals surface area contributed by atoms with E-state index in [0.29, 0.717) is 33.2 Å². The molecule has 1 saturated carbocycles. The highest BCUT2D eigenvalue weighted by Gasteiger charge is 2.24. The van der Waals surface area contributed by atoms with E-state index in [9.17, 15) is 13.9 Å². The van der Waals surface area contributed by atoms with Crippen molar-refractivity contribution in [3.63, 3.8) is 0 Å². The molecule has 0 aliphatic heterocycles. The number of pyridine rings is 1. The van der Waals surface area contributed by atoms with Crippen LogP contribution in [0.15, 0.2) is 24.5 Å². The number of rotatable bonds is 4. The van der Waals surface area contributed by atoms with Gasteiger partial charge in [0.15, 0.2) is 0 Å². The van der Waals surface area contributed by atoms with Crippen LogP contribution in [0.4, 0.5) is 14.5 Å². The van der Waals surface area contributed by atoms with Crippen LogP contribution < -0.4 is 5.32 Å². The predicted octanol–water partition coefficient (Wildman–Crippen LogP) is 3.32. The van der Waals surface area contributed by atoms with Crippen LogP contribution in [0, 0.1) is 0 Å². The highest BCUT2D eigenvalue weighted by Crippen LogP contribution is 2.31. The second kappa shape index (κ2) is 6.18. The molecule has 0 spiro atoms. The van der Waals surface area contributed by atoms with Crippen molar-refractivity contribution in [3.05, 3.63) is 29.7 Å². The van der Waals surface area contributed by atoms with E-state index in [2.05, 4.69) is 15.4 Å². The molecule has 0 radical (unpaired) electrons. The molecule has 0 amide bonds. The van der Waals surface area contributed by atoms with Gasteiger partial charge in [-0.05, 0) is 31.4 Å². The lowest BCUT2D eigenvalue weighted by Crippen LogP contribution is -2.17. The highest BCUT2D eigenvalue weighted by molar-refractivity contribution is 6.29. The van der Waals surface area contributed by atoms with Gasteiger partial charge < -0.3 is 10.4 Å². The van der Waals surface area contributed by atoms with Crippen molar-refractivity contribution in [1.82, 2.24) is 14.8 Å². The molecule has 1 fully saturated rings. The van der Waals surface area contributed by atoms with E-state index in [1.165, 1.54) is 18.5 Å². The van der Waals surface area contributed by atoms with Crippen LogP contribution in [0.5, 0.6) is 0 Å². The Labute approximate surface area is 130 Å². The zero-order chi connectivity index (χ0) is 15.7. The molecule has 1 aliphatic carbocycles. The minimum Gasteiger partial charge on any atom is -0.393 e. The number of aliphatic hydroxyl groups is 1. The van der Waals surface area contributed by atoms with Crippen LogP contribution in [0.1, 0.15) is 25.8 Å². The Hall–Kier alpha value is -1.73. The second-order valence-electron chi connectivity index (χ2n) is 5.32. The topological polar surface area (TPSA) is 63.0 Å². The monoisotopic (exact) mass is 328 g/mol. The molecule has 8 heteroatoms. The average molecular weight is 329 g/mol. The minimum absolute atomic E-state index is 0.115. The van der Waals surface area contributed by atoms with Gasteiger partial charge in [0.1, 0.15) is 5.15 Å². The van der Waals surface area contributed by atoms with Gasteiger partial charge in [0.05, 0.1) is 11.8 Å². The summed E-state index contributed by atoms with van der Waals surface area (Å²) in [4.78, 5) is 4.00. The van der Waals surface area contributed by atoms with E-state index in [0.717, 1.165) is 12.8 Å². The summed E-state index contributed by atoms with van der Waals surface area (Å²) in [6.45, 7) is -2.68. The fourth-order valence-corrected chi connectivity index (χ4v) is 2.81. The first-order valence-electron chi connectivity index (χ1n) is 6.97. The van der Waals surface area contributed by atoms with Gasteiger partial charge in [-0.25, -0.2) is 9.67 Å². The van der Waals surface area contributed by atoms with Crippen molar-refractivity contribution < 1.29 is 13.9 Å². The number of nitrogens with one attached hydrogen (secondary N) is 1. The first-order valence-corrected chi connectivity index (χ1v) is 7.34. The Morgan fingerprint density at radius 2 is 2.23 bits per heavy atom. The smallest absolute Gasteiger partial charge is 0.333 e. The molecule has 2 N–H and O–H groups in total. The summed E-state index contributed by atoms with van der Waals surface area (Å²) in [5, 5.41) is 17.1. The van der Waals surface area contributed by atoms with Gasteiger partial charge in [-0.3, -0.25) is 0 Å². The molecule has 0 saturated heterocycles. The van der Waals surface area contributed by atoms with Crippen molar-refractivity contribution in [1.29, 1.82) is 0 Å². The summed E-state index contributed by atoms with van der Waals surface area (Å²) in [7, 11) is 0. The van der Waals surface area contributed by atoms with E-state index in [-0.39, 0.29) is 12.1 Å². The Morgan fingerprint density at radius 1 is 1.41 bits per heavy atom. The SMILES string of the molecule is O[C@@H]1CC[C@@H](Nc2cc(Cl)ncc2-c2ccn(C(F)F)n2)C1. The summed E-state index contributed by atoms with van der Waals surface area (Å²) in [6.07, 6.45) is 4.64. The van der Waals surface area contributed by atoms with E-state index in [1.54, 1.807) is 6.07 Å². The Morgan fingerprint density at radius 3 is 2.86 bits per heavy atom. The molecule has 0 aromatic carbocycles. The van der Waals surface area contributed by atoms with Gasteiger partial charge in [-0.15, -0.1) is 0 Å². The number of anilines is 1. The molecule has 2 aromatic heterocycles. The predicted molar refractivity (Wildman–Crippen MR) is 79.0 cm³/mol. The Kier molecular flexibility index (Phi) is 4.26. The van der Waals surface area contributed by atoms with Crippen molar-refractivity contribution in [2.45, 2.75) is 38.0 Å². The van der Waals surface area contributed by atoms with Gasteiger partial charge >= 0.3 is 6.55 Å². The van der Waals surface area contributed by atoms with Gasteiger partial charge in [0.2, 0.25) is 0 Å². The lowest BCUT2D eigenvalue weighted by atomic mass is 10.1. The van der Waals surface area contributed by atoms with Crippen LogP contribution in [0.25, 0.3) is 11.3 Å². The molecule has 2 aromatic rings. The van der Waals surface area contributed by atoms with Gasteiger partial charge in [-0.2, -0.15) is 13.9 Å². The van der Waals surface area contributed by atoms with Crippen LogP contribution >= 0.6 is 11.6 Å². The normalized spacial score (nSPS) is 21.5. The lowest BCUT2D eigenvalue weighted by molar-refractivity contribution is 0.0568. The molecule has 2 atom stereocenters. The summed E-state index contributed by atoms with van der Waals surface area (Å²) >= 11 is 5.93. The lowest BCUT2D eigenvalue weighted by Gasteiger charge is -2.16. The number of halogens is 3. The standard InChI is InChI=1S/C14H15ClF2N4O/c15-13-6-12(19-8-1-2-9(22)5-8)10(7-18-13)11-3-4-21(20-11)14(16)17/h3-4,6-9,14,22H,1-2,5H2,(H,18,19)/t8-,9-/m1/s1. The van der Waals surface area contributed by atoms with Crippen LogP contribution in [-0.4, -0.2) is 32.0 Å². The number of nitrogens with zero attached hydrogens (tertiary/aromatic N) is 3. The maximum absolute atomic E-state index is 12.7. The Bertz CT molecular complexity index is 664. The van der Waals surface area contributed by atoms with Crippen LogP contribution in [-0.2, 0) is 0 Å². The van der Waals surface area contributed by atoms with E-state index in [1.807, 2.05) is 0 Å². The molecular formula is C14H15ClF2N4O. The molecule has 3 rings (SSSR count). The summed E-state index contributed by atoms with van der Waals surface area (Å²) in [5.74, 6) is 0. The molecule has 1 aliphatic rings. The largest absolute Gasteiger partial charge is 0.393 e. The molecule has 118 valence electrons. The van der Waals surface area contributed by atoms with Crippen molar-refractivity contribution in [2.24, 2.45) is 0 Å². The number of alkyl halides is 2. The molecule has 2 heterocycles. The molecular weight excluding hydrogens is 314 g/mol. The summed E-state index contributed by atoms with van der Waals surface area (Å²) in [6, 6.07) is 3.26. The first kappa shape index (κ1) is 15.2. The molecule has 5 nitrogen and oxygen atoms in total. The van der Waals surface area contributed by atoms with Gasteiger partial charge in [-0.1, -0.05) is 11.6 Å². The van der Waals surface area contributed by atoms with Gasteiger partial charge in [0, 0.05) is 29.7 Å². The fourth-order valence-electron chi connectivity index (χ4n) is 2.65. The summed E-state index contributed by atoms with van der Waals surface area (Å²) in [5.41, 5.74) is 1.68. The maximum atomic E-state index is 12.7. The third-order valence-corrected chi connectivity index (χ3v) is 3.93. The number of aromatic nitrogens is 3.